The van der Waals surface area contributed by atoms with E-state index in [1.807, 2.05) is 38.2 Å². The van der Waals surface area contributed by atoms with Gasteiger partial charge in [0.25, 0.3) is 0 Å². The molecule has 3 heteroatoms. The number of fused-ring (bicyclic) bond motifs is 1. The average Bonchev–Trinajstić information content (AvgIpc) is 2.52. The van der Waals surface area contributed by atoms with Gasteiger partial charge < -0.3 is 10.6 Å². The maximum absolute atomic E-state index is 12.0. The number of benzene rings is 1. The highest BCUT2D eigenvalue weighted by Gasteiger charge is 2.37. The number of nitrogens with two attached hydrogens (primary N) is 1. The third-order valence-corrected chi connectivity index (χ3v) is 3.17. The first kappa shape index (κ1) is 10.2. The van der Waals surface area contributed by atoms with E-state index in [0.29, 0.717) is 6.54 Å². The summed E-state index contributed by atoms with van der Waals surface area (Å²) in [4.78, 5) is 13.8. The Morgan fingerprint density at radius 3 is 2.80 bits per heavy atom. The lowest BCUT2D eigenvalue weighted by Gasteiger charge is -2.16. The molecular weight excluding hydrogens is 188 g/mol. The van der Waals surface area contributed by atoms with E-state index in [2.05, 4.69) is 0 Å². The molecule has 0 saturated heterocycles. The minimum Gasteiger partial charge on any atom is -0.330 e. The molecule has 0 aliphatic carbocycles. The van der Waals surface area contributed by atoms with Crippen LogP contribution in [0.15, 0.2) is 24.3 Å². The first-order chi connectivity index (χ1) is 7.16. The highest BCUT2D eigenvalue weighted by Crippen LogP contribution is 2.39. The lowest BCUT2D eigenvalue weighted by Crippen LogP contribution is -2.29. The Hall–Kier alpha value is -1.35. The number of anilines is 1. The molecule has 0 bridgehead atoms. The van der Waals surface area contributed by atoms with Crippen LogP contribution >= 0.6 is 0 Å². The van der Waals surface area contributed by atoms with Crippen molar-refractivity contribution >= 4 is 11.6 Å². The summed E-state index contributed by atoms with van der Waals surface area (Å²) < 4.78 is 0. The van der Waals surface area contributed by atoms with Gasteiger partial charge in [-0.2, -0.15) is 0 Å². The second kappa shape index (κ2) is 3.66. The summed E-state index contributed by atoms with van der Waals surface area (Å²) in [6.45, 7) is 2.57. The van der Waals surface area contributed by atoms with Gasteiger partial charge in [-0.05, 0) is 24.1 Å². The maximum atomic E-state index is 12.0. The van der Waals surface area contributed by atoms with Gasteiger partial charge in [0.1, 0.15) is 0 Å². The molecule has 2 rings (SSSR count). The normalized spacial score (nSPS) is 21.7. The van der Waals surface area contributed by atoms with E-state index >= 15 is 0 Å². The Morgan fingerprint density at radius 2 is 2.13 bits per heavy atom. The molecular formula is C12H16N2O. The van der Waals surface area contributed by atoms with Crippen molar-refractivity contribution in [2.45, 2.75) is 12.8 Å². The van der Waals surface area contributed by atoms with Crippen LogP contribution in [0.2, 0.25) is 0 Å². The number of carbonyl (C=O) groups excluding carboxylic acids is 1. The smallest absolute Gasteiger partial charge is 0.234 e. The summed E-state index contributed by atoms with van der Waals surface area (Å²) in [6, 6.07) is 7.93. The molecule has 0 radical (unpaired) electrons. The zero-order chi connectivity index (χ0) is 11.0. The monoisotopic (exact) mass is 204 g/mol. The molecule has 15 heavy (non-hydrogen) atoms. The van der Waals surface area contributed by atoms with E-state index < -0.39 is 0 Å². The second-order valence-electron chi connectivity index (χ2n) is 4.15. The molecule has 0 fully saturated rings. The third-order valence-electron chi connectivity index (χ3n) is 3.17. The minimum absolute atomic E-state index is 0.0591. The van der Waals surface area contributed by atoms with Crippen molar-refractivity contribution in [3.8, 4) is 0 Å². The summed E-state index contributed by atoms with van der Waals surface area (Å²) in [5.41, 5.74) is 7.78. The van der Waals surface area contributed by atoms with Gasteiger partial charge in [-0.1, -0.05) is 25.1 Å². The van der Waals surface area contributed by atoms with Crippen LogP contribution in [-0.4, -0.2) is 19.5 Å². The minimum atomic E-state index is -0.0591. The lowest BCUT2D eigenvalue weighted by atomic mass is 9.88. The third kappa shape index (κ3) is 1.43. The van der Waals surface area contributed by atoms with Crippen LogP contribution in [0, 0.1) is 5.92 Å². The fourth-order valence-corrected chi connectivity index (χ4v) is 2.20. The molecule has 1 aliphatic rings. The van der Waals surface area contributed by atoms with Crippen LogP contribution in [0.3, 0.4) is 0 Å². The first-order valence-electron chi connectivity index (χ1n) is 5.23. The quantitative estimate of drug-likeness (QED) is 0.790. The highest BCUT2D eigenvalue weighted by molar-refractivity contribution is 6.04. The van der Waals surface area contributed by atoms with Crippen LogP contribution in [0.4, 0.5) is 5.69 Å². The number of hydrogen-bond acceptors (Lipinski definition) is 2. The fraction of sp³-hybridized carbons (Fsp3) is 0.417. The zero-order valence-corrected chi connectivity index (χ0v) is 9.10. The Labute approximate surface area is 89.9 Å². The molecule has 2 N–H and O–H groups in total. The van der Waals surface area contributed by atoms with E-state index in [1.165, 1.54) is 0 Å². The number of carbonyl (C=O) groups is 1. The van der Waals surface area contributed by atoms with Gasteiger partial charge in [0.05, 0.1) is 5.92 Å². The molecule has 0 spiro atoms. The molecule has 0 unspecified atom stereocenters. The van der Waals surface area contributed by atoms with Gasteiger partial charge in [-0.3, -0.25) is 4.79 Å². The molecule has 2 atom stereocenters. The van der Waals surface area contributed by atoms with Gasteiger partial charge in [0.15, 0.2) is 0 Å². The Kier molecular flexibility index (Phi) is 2.49. The molecule has 1 amide bonds. The van der Waals surface area contributed by atoms with Gasteiger partial charge >= 0.3 is 0 Å². The van der Waals surface area contributed by atoms with Crippen molar-refractivity contribution in [2.75, 3.05) is 18.5 Å². The second-order valence-corrected chi connectivity index (χ2v) is 4.15. The molecule has 1 aromatic rings. The lowest BCUT2D eigenvalue weighted by molar-refractivity contribution is -0.119. The van der Waals surface area contributed by atoms with E-state index in [1.54, 1.807) is 4.90 Å². The zero-order valence-electron chi connectivity index (χ0n) is 9.10. The van der Waals surface area contributed by atoms with Gasteiger partial charge in [-0.25, -0.2) is 0 Å². The van der Waals surface area contributed by atoms with E-state index in [-0.39, 0.29) is 17.7 Å². The van der Waals surface area contributed by atoms with E-state index in [4.69, 9.17) is 5.73 Å². The maximum Gasteiger partial charge on any atom is 0.234 e. The van der Waals surface area contributed by atoms with Crippen molar-refractivity contribution in [3.63, 3.8) is 0 Å². The Balaban J connectivity index is 2.47. The average molecular weight is 204 g/mol. The summed E-state index contributed by atoms with van der Waals surface area (Å²) >= 11 is 0. The molecule has 0 aromatic heterocycles. The van der Waals surface area contributed by atoms with Crippen molar-refractivity contribution in [1.29, 1.82) is 0 Å². The van der Waals surface area contributed by atoms with Gasteiger partial charge in [0, 0.05) is 12.7 Å². The number of para-hydroxylation sites is 1. The first-order valence-corrected chi connectivity index (χ1v) is 5.23. The number of hydrogen-bond donors (Lipinski definition) is 1. The number of rotatable bonds is 2. The van der Waals surface area contributed by atoms with Crippen LogP contribution < -0.4 is 10.6 Å². The summed E-state index contributed by atoms with van der Waals surface area (Å²) in [5, 5.41) is 0. The van der Waals surface area contributed by atoms with Gasteiger partial charge in [-0.15, -0.1) is 0 Å². The van der Waals surface area contributed by atoms with Crippen LogP contribution in [0.25, 0.3) is 0 Å². The molecule has 0 saturated carbocycles. The predicted molar refractivity (Wildman–Crippen MR) is 60.8 cm³/mol. The predicted octanol–water partition coefficient (Wildman–Crippen LogP) is 1.34. The Morgan fingerprint density at radius 1 is 1.47 bits per heavy atom. The SMILES string of the molecule is C[C@@H](CN)[C@@H]1C(=O)N(C)c2ccccc21. The van der Waals surface area contributed by atoms with Crippen LogP contribution in [0.5, 0.6) is 0 Å². The Bertz CT molecular complexity index is 389. The highest BCUT2D eigenvalue weighted by atomic mass is 16.2. The topological polar surface area (TPSA) is 46.3 Å². The number of amides is 1. The number of nitrogens with zero attached hydrogens (tertiary/aromatic N) is 1. The molecule has 80 valence electrons. The van der Waals surface area contributed by atoms with Crippen molar-refractivity contribution < 1.29 is 4.79 Å². The van der Waals surface area contributed by atoms with Crippen LogP contribution in [-0.2, 0) is 4.79 Å². The fourth-order valence-electron chi connectivity index (χ4n) is 2.20. The molecule has 1 aromatic carbocycles. The summed E-state index contributed by atoms with van der Waals surface area (Å²) in [6.07, 6.45) is 0. The van der Waals surface area contributed by atoms with Gasteiger partial charge in [0.2, 0.25) is 5.91 Å². The number of likely N-dealkylation sites (N-methyl/N-ethyl adjacent to an activating group) is 1. The standard InChI is InChI=1S/C12H16N2O/c1-8(7-13)11-9-5-3-4-6-10(9)14(2)12(11)15/h3-6,8,11H,7,13H2,1-2H3/t8-,11-/m0/s1. The largest absolute Gasteiger partial charge is 0.330 e. The van der Waals surface area contributed by atoms with Crippen LogP contribution in [0.1, 0.15) is 18.4 Å². The van der Waals surface area contributed by atoms with Crippen molar-refractivity contribution in [2.24, 2.45) is 11.7 Å². The van der Waals surface area contributed by atoms with Crippen molar-refractivity contribution in [3.05, 3.63) is 29.8 Å². The molecule has 1 heterocycles. The van der Waals surface area contributed by atoms with Crippen molar-refractivity contribution in [1.82, 2.24) is 0 Å². The molecule has 3 nitrogen and oxygen atoms in total. The summed E-state index contributed by atoms with van der Waals surface area (Å²) in [7, 11) is 1.82. The van der Waals surface area contributed by atoms with E-state index in [0.717, 1.165) is 11.3 Å². The van der Waals surface area contributed by atoms with E-state index in [9.17, 15) is 4.79 Å². The molecule has 1 aliphatic heterocycles. The summed E-state index contributed by atoms with van der Waals surface area (Å²) in [5.74, 6) is 0.300.